The van der Waals surface area contributed by atoms with Gasteiger partial charge in [-0.3, -0.25) is 0 Å². The highest BCUT2D eigenvalue weighted by Crippen LogP contribution is 2.41. The molecule has 0 bridgehead atoms. The first-order valence-electron chi connectivity index (χ1n) is 7.62. The van der Waals surface area contributed by atoms with Gasteiger partial charge in [0.05, 0.1) is 5.56 Å². The van der Waals surface area contributed by atoms with Crippen molar-refractivity contribution in [3.05, 3.63) is 59.7 Å². The van der Waals surface area contributed by atoms with Gasteiger partial charge in [-0.05, 0) is 23.6 Å². The number of rotatable bonds is 2. The molecule has 4 nitrogen and oxygen atoms in total. The summed E-state index contributed by atoms with van der Waals surface area (Å²) in [5.74, 6) is 0. The number of nitrogens with zero attached hydrogens (tertiary/aromatic N) is 1. The number of hydrogen-bond acceptors (Lipinski definition) is 4. The van der Waals surface area contributed by atoms with Crippen LogP contribution < -0.4 is 5.43 Å². The van der Waals surface area contributed by atoms with Gasteiger partial charge >= 0.3 is 12.3 Å². The van der Waals surface area contributed by atoms with Gasteiger partial charge in [-0.1, -0.05) is 30.3 Å². The molecular weight excluding hydrogens is 365 g/mol. The first kappa shape index (κ1) is 16.6. The number of benzene rings is 2. The van der Waals surface area contributed by atoms with Crippen LogP contribution in [0.15, 0.2) is 53.6 Å². The van der Waals surface area contributed by atoms with E-state index in [1.54, 1.807) is 12.1 Å². The van der Waals surface area contributed by atoms with Crippen molar-refractivity contribution in [3.8, 4) is 10.4 Å². The van der Waals surface area contributed by atoms with Crippen LogP contribution in [0.5, 0.6) is 0 Å². The Kier molecular flexibility index (Phi) is 3.91. The number of hydrogen-bond donors (Lipinski definition) is 1. The van der Waals surface area contributed by atoms with Crippen molar-refractivity contribution in [2.75, 3.05) is 6.61 Å². The molecule has 1 aliphatic heterocycles. The summed E-state index contributed by atoms with van der Waals surface area (Å²) in [7, 11) is 0. The zero-order valence-corrected chi connectivity index (χ0v) is 13.9. The lowest BCUT2D eigenvalue weighted by molar-refractivity contribution is -0.137. The van der Waals surface area contributed by atoms with E-state index < -0.39 is 17.8 Å². The van der Waals surface area contributed by atoms with Crippen LogP contribution in [0.2, 0.25) is 0 Å². The minimum absolute atomic E-state index is 0.115. The third-order valence-electron chi connectivity index (χ3n) is 3.97. The van der Waals surface area contributed by atoms with E-state index in [0.29, 0.717) is 4.88 Å². The van der Waals surface area contributed by atoms with Crippen molar-refractivity contribution in [1.29, 1.82) is 0 Å². The van der Waals surface area contributed by atoms with E-state index in [1.807, 2.05) is 24.3 Å². The SMILES string of the molecule is O=C1NN=C(c2ccc(-c3cc4ccccc4s3)c(C(F)(F)F)c2)CO1. The quantitative estimate of drug-likeness (QED) is 0.682. The summed E-state index contributed by atoms with van der Waals surface area (Å²) < 4.78 is 46.7. The molecule has 3 aromatic rings. The average molecular weight is 376 g/mol. The summed E-state index contributed by atoms with van der Waals surface area (Å²) in [5.41, 5.74) is 1.95. The molecule has 1 N–H and O–H groups in total. The Morgan fingerprint density at radius 3 is 2.62 bits per heavy atom. The molecule has 26 heavy (non-hydrogen) atoms. The fourth-order valence-corrected chi connectivity index (χ4v) is 3.85. The van der Waals surface area contributed by atoms with Crippen molar-refractivity contribution in [1.82, 2.24) is 5.43 Å². The summed E-state index contributed by atoms with van der Waals surface area (Å²) in [4.78, 5) is 11.5. The van der Waals surface area contributed by atoms with Gasteiger partial charge in [-0.25, -0.2) is 10.2 Å². The molecule has 0 radical (unpaired) electrons. The van der Waals surface area contributed by atoms with E-state index in [-0.39, 0.29) is 23.4 Å². The first-order valence-corrected chi connectivity index (χ1v) is 8.43. The topological polar surface area (TPSA) is 50.7 Å². The third kappa shape index (κ3) is 3.03. The van der Waals surface area contributed by atoms with Gasteiger partial charge in [-0.2, -0.15) is 18.3 Å². The lowest BCUT2D eigenvalue weighted by atomic mass is 9.99. The lowest BCUT2D eigenvalue weighted by Gasteiger charge is -2.17. The molecule has 0 aliphatic carbocycles. The Morgan fingerprint density at radius 2 is 1.92 bits per heavy atom. The van der Waals surface area contributed by atoms with Crippen LogP contribution in [-0.2, 0) is 10.9 Å². The van der Waals surface area contributed by atoms with E-state index >= 15 is 0 Å². The fourth-order valence-electron chi connectivity index (χ4n) is 2.75. The van der Waals surface area contributed by atoms with Crippen LogP contribution in [0.4, 0.5) is 18.0 Å². The van der Waals surface area contributed by atoms with Gasteiger partial charge in [0.25, 0.3) is 0 Å². The molecule has 0 spiro atoms. The summed E-state index contributed by atoms with van der Waals surface area (Å²) >= 11 is 1.31. The smallest absolute Gasteiger partial charge is 0.428 e. The molecule has 8 heteroatoms. The van der Waals surface area contributed by atoms with Crippen LogP contribution in [0.3, 0.4) is 0 Å². The number of halogens is 3. The van der Waals surface area contributed by atoms with Gasteiger partial charge < -0.3 is 4.74 Å². The van der Waals surface area contributed by atoms with Crippen LogP contribution in [0.1, 0.15) is 11.1 Å². The van der Waals surface area contributed by atoms with Crippen LogP contribution in [0, 0.1) is 0 Å². The van der Waals surface area contributed by atoms with Crippen LogP contribution in [-0.4, -0.2) is 18.4 Å². The summed E-state index contributed by atoms with van der Waals surface area (Å²) in [5, 5.41) is 4.67. The summed E-state index contributed by atoms with van der Waals surface area (Å²) in [6.45, 7) is -0.175. The Morgan fingerprint density at radius 1 is 1.12 bits per heavy atom. The molecule has 1 amide bonds. The molecule has 0 atom stereocenters. The molecule has 0 fully saturated rings. The second-order valence-electron chi connectivity index (χ2n) is 5.65. The van der Waals surface area contributed by atoms with Gasteiger partial charge in [0, 0.05) is 20.7 Å². The predicted octanol–water partition coefficient (Wildman–Crippen LogP) is 5.03. The lowest BCUT2D eigenvalue weighted by Crippen LogP contribution is -2.30. The molecular formula is C18H11F3N2O2S. The van der Waals surface area contributed by atoms with Gasteiger partial charge in [0.1, 0.15) is 12.3 Å². The number of hydrazone groups is 1. The zero-order chi connectivity index (χ0) is 18.3. The Hall–Kier alpha value is -2.87. The molecule has 132 valence electrons. The third-order valence-corrected chi connectivity index (χ3v) is 5.12. The molecule has 0 saturated heterocycles. The average Bonchev–Trinajstić information content (AvgIpc) is 3.05. The van der Waals surface area contributed by atoms with Gasteiger partial charge in [0.15, 0.2) is 0 Å². The highest BCUT2D eigenvalue weighted by Gasteiger charge is 2.35. The van der Waals surface area contributed by atoms with Crippen molar-refractivity contribution >= 4 is 33.2 Å². The van der Waals surface area contributed by atoms with E-state index in [0.717, 1.165) is 16.2 Å². The second-order valence-corrected chi connectivity index (χ2v) is 6.74. The zero-order valence-electron chi connectivity index (χ0n) is 13.1. The minimum Gasteiger partial charge on any atom is -0.442 e. The number of carbonyl (C=O) groups excluding carboxylic acids is 1. The standard InChI is InChI=1S/C18H11F3N2O2S/c19-18(20,21)13-7-10(14-9-25-17(24)23-22-14)5-6-12(13)16-8-11-3-1-2-4-15(11)26-16/h1-8H,9H2,(H,23,24). The van der Waals surface area contributed by atoms with Crippen molar-refractivity contribution in [3.63, 3.8) is 0 Å². The minimum atomic E-state index is -4.53. The first-order chi connectivity index (χ1) is 12.4. The molecule has 0 saturated carbocycles. The number of thiophene rings is 1. The molecule has 2 aromatic carbocycles. The second kappa shape index (κ2) is 6.14. The van der Waals surface area contributed by atoms with E-state index in [4.69, 9.17) is 4.74 Å². The number of fused-ring (bicyclic) bond motifs is 1. The predicted molar refractivity (Wildman–Crippen MR) is 93.3 cm³/mol. The Labute approximate surface area is 149 Å². The van der Waals surface area contributed by atoms with Crippen LogP contribution in [0.25, 0.3) is 20.5 Å². The summed E-state index contributed by atoms with van der Waals surface area (Å²) in [6.07, 6.45) is -5.26. The fraction of sp³-hybridized carbons (Fsp3) is 0.111. The maximum Gasteiger partial charge on any atom is 0.428 e. The number of ether oxygens (including phenoxy) is 1. The van der Waals surface area contributed by atoms with Crippen molar-refractivity contribution in [2.45, 2.75) is 6.18 Å². The molecule has 1 aromatic heterocycles. The largest absolute Gasteiger partial charge is 0.442 e. The molecule has 2 heterocycles. The number of amides is 1. The molecule has 1 aliphatic rings. The number of cyclic esters (lactones) is 1. The number of alkyl halides is 3. The Balaban J connectivity index is 1.83. The Bertz CT molecular complexity index is 1010. The van der Waals surface area contributed by atoms with Gasteiger partial charge in [-0.15, -0.1) is 11.3 Å². The highest BCUT2D eigenvalue weighted by molar-refractivity contribution is 7.22. The van der Waals surface area contributed by atoms with E-state index in [9.17, 15) is 18.0 Å². The molecule has 4 rings (SSSR count). The maximum atomic E-state index is 13.7. The van der Waals surface area contributed by atoms with E-state index in [2.05, 4.69) is 10.5 Å². The van der Waals surface area contributed by atoms with Crippen LogP contribution >= 0.6 is 11.3 Å². The molecule has 0 unspecified atom stereocenters. The number of nitrogens with one attached hydrogen (secondary N) is 1. The maximum absolute atomic E-state index is 13.7. The normalized spacial score (nSPS) is 14.7. The van der Waals surface area contributed by atoms with Gasteiger partial charge in [0.2, 0.25) is 0 Å². The highest BCUT2D eigenvalue weighted by atomic mass is 32.1. The van der Waals surface area contributed by atoms with E-state index in [1.165, 1.54) is 17.4 Å². The summed E-state index contributed by atoms with van der Waals surface area (Å²) in [6, 6.07) is 13.2. The monoisotopic (exact) mass is 376 g/mol. The van der Waals surface area contributed by atoms with Crippen molar-refractivity contribution in [2.24, 2.45) is 5.10 Å². The number of carbonyl (C=O) groups is 1. The van der Waals surface area contributed by atoms with Crippen molar-refractivity contribution < 1.29 is 22.7 Å².